The molecular weight excluding hydrogens is 280 g/mol. The largest absolute Gasteiger partial charge is 0.456 e. The Balaban J connectivity index is 2.10. The molecule has 0 aliphatic rings. The predicted molar refractivity (Wildman–Crippen MR) is 98.2 cm³/mol. The fourth-order valence-electron chi connectivity index (χ4n) is 3.66. The second kappa shape index (κ2) is 4.36. The Morgan fingerprint density at radius 1 is 0.565 bits per heavy atom. The lowest BCUT2D eigenvalue weighted by atomic mass is 9.98. The molecule has 0 fully saturated rings. The van der Waals surface area contributed by atoms with Gasteiger partial charge in [0.25, 0.3) is 0 Å². The van der Waals surface area contributed by atoms with Gasteiger partial charge < -0.3 is 4.42 Å². The molecule has 23 heavy (non-hydrogen) atoms. The summed E-state index contributed by atoms with van der Waals surface area (Å²) in [5.41, 5.74) is 4.49. The average molecular weight is 296 g/mol. The number of hydrogen-bond donors (Lipinski definition) is 0. The molecule has 1 heterocycles. The van der Waals surface area contributed by atoms with Crippen LogP contribution in [0.5, 0.6) is 0 Å². The lowest BCUT2D eigenvalue weighted by molar-refractivity contribution is 0.669. The minimum Gasteiger partial charge on any atom is -0.456 e. The van der Waals surface area contributed by atoms with Gasteiger partial charge in [-0.2, -0.15) is 0 Å². The lowest BCUT2D eigenvalue weighted by Gasteiger charge is -2.04. The molecule has 4 aromatic carbocycles. The summed E-state index contributed by atoms with van der Waals surface area (Å²) in [5.74, 6) is 0. The van der Waals surface area contributed by atoms with Crippen molar-refractivity contribution in [2.45, 2.75) is 13.8 Å². The third-order valence-corrected chi connectivity index (χ3v) is 4.74. The molecule has 0 saturated heterocycles. The van der Waals surface area contributed by atoms with E-state index < -0.39 is 0 Å². The fraction of sp³-hybridized carbons (Fsp3) is 0.0909. The topological polar surface area (TPSA) is 13.1 Å². The van der Waals surface area contributed by atoms with Crippen LogP contribution in [0.2, 0.25) is 0 Å². The first-order valence-electron chi connectivity index (χ1n) is 7.96. The number of rotatable bonds is 0. The molecule has 0 saturated carbocycles. The summed E-state index contributed by atoms with van der Waals surface area (Å²) < 4.78 is 6.13. The van der Waals surface area contributed by atoms with Crippen LogP contribution >= 0.6 is 0 Å². The molecule has 1 nitrogen and oxygen atoms in total. The van der Waals surface area contributed by atoms with Gasteiger partial charge in [0.2, 0.25) is 0 Å². The van der Waals surface area contributed by atoms with E-state index in [1.165, 1.54) is 43.4 Å². The molecule has 0 unspecified atom stereocenters. The molecule has 0 aliphatic carbocycles. The monoisotopic (exact) mass is 296 g/mol. The van der Waals surface area contributed by atoms with Crippen molar-refractivity contribution < 1.29 is 4.42 Å². The first-order chi connectivity index (χ1) is 11.2. The van der Waals surface area contributed by atoms with Crippen molar-refractivity contribution in [2.24, 2.45) is 0 Å². The van der Waals surface area contributed by atoms with Crippen LogP contribution in [0.3, 0.4) is 0 Å². The lowest BCUT2D eigenvalue weighted by Crippen LogP contribution is -1.79. The van der Waals surface area contributed by atoms with Crippen molar-refractivity contribution in [3.63, 3.8) is 0 Å². The van der Waals surface area contributed by atoms with Gasteiger partial charge in [0.15, 0.2) is 0 Å². The van der Waals surface area contributed by atoms with E-state index in [0.29, 0.717) is 0 Å². The van der Waals surface area contributed by atoms with Crippen LogP contribution in [0, 0.1) is 13.8 Å². The Labute approximate surface area is 134 Å². The van der Waals surface area contributed by atoms with E-state index in [-0.39, 0.29) is 0 Å². The zero-order valence-electron chi connectivity index (χ0n) is 13.2. The maximum absolute atomic E-state index is 6.13. The van der Waals surface area contributed by atoms with Crippen molar-refractivity contribution in [3.8, 4) is 0 Å². The average Bonchev–Trinajstić information content (AvgIpc) is 2.93. The van der Waals surface area contributed by atoms with Crippen LogP contribution < -0.4 is 0 Å². The highest BCUT2D eigenvalue weighted by atomic mass is 16.3. The molecule has 5 rings (SSSR count). The molecule has 1 aromatic heterocycles. The zero-order valence-corrected chi connectivity index (χ0v) is 13.2. The van der Waals surface area contributed by atoms with E-state index in [2.05, 4.69) is 74.5 Å². The number of fused-ring (bicyclic) bond motifs is 7. The molecule has 110 valence electrons. The molecule has 1 heteroatoms. The van der Waals surface area contributed by atoms with E-state index in [4.69, 9.17) is 4.42 Å². The minimum absolute atomic E-state index is 0.962. The second-order valence-electron chi connectivity index (χ2n) is 6.43. The SMILES string of the molecule is Cc1ccc2c(ccc3oc4ccc5cc(C)ccc5c4c32)c1. The molecule has 0 atom stereocenters. The molecule has 0 N–H and O–H groups in total. The Hall–Kier alpha value is -2.80. The van der Waals surface area contributed by atoms with E-state index >= 15 is 0 Å². The molecule has 0 aliphatic heterocycles. The molecule has 0 radical (unpaired) electrons. The second-order valence-corrected chi connectivity index (χ2v) is 6.43. The van der Waals surface area contributed by atoms with Crippen LogP contribution in [-0.2, 0) is 0 Å². The van der Waals surface area contributed by atoms with Crippen molar-refractivity contribution in [2.75, 3.05) is 0 Å². The summed E-state index contributed by atoms with van der Waals surface area (Å²) in [5, 5.41) is 7.52. The van der Waals surface area contributed by atoms with E-state index in [9.17, 15) is 0 Å². The Morgan fingerprint density at radius 3 is 1.52 bits per heavy atom. The summed E-state index contributed by atoms with van der Waals surface area (Å²) in [6, 6.07) is 21.8. The Kier molecular flexibility index (Phi) is 2.41. The number of benzene rings is 4. The first kappa shape index (κ1) is 12.7. The van der Waals surface area contributed by atoms with Crippen molar-refractivity contribution in [3.05, 3.63) is 71.8 Å². The van der Waals surface area contributed by atoms with E-state index in [0.717, 1.165) is 11.2 Å². The zero-order chi connectivity index (χ0) is 15.6. The number of furan rings is 1. The van der Waals surface area contributed by atoms with Gasteiger partial charge in [-0.15, -0.1) is 0 Å². The van der Waals surface area contributed by atoms with Gasteiger partial charge in [0.05, 0.1) is 0 Å². The third-order valence-electron chi connectivity index (χ3n) is 4.74. The van der Waals surface area contributed by atoms with Crippen molar-refractivity contribution in [1.29, 1.82) is 0 Å². The van der Waals surface area contributed by atoms with Gasteiger partial charge in [0.1, 0.15) is 11.2 Å². The highest BCUT2D eigenvalue weighted by Crippen LogP contribution is 2.38. The van der Waals surface area contributed by atoms with Crippen molar-refractivity contribution >= 4 is 43.5 Å². The molecular formula is C22H16O. The van der Waals surface area contributed by atoms with Crippen LogP contribution in [0.25, 0.3) is 43.5 Å². The van der Waals surface area contributed by atoms with Gasteiger partial charge in [-0.1, -0.05) is 59.7 Å². The van der Waals surface area contributed by atoms with Crippen LogP contribution in [0.4, 0.5) is 0 Å². The van der Waals surface area contributed by atoms with Gasteiger partial charge in [-0.25, -0.2) is 0 Å². The summed E-state index contributed by atoms with van der Waals surface area (Å²) in [7, 11) is 0. The Morgan fingerprint density at radius 2 is 1.04 bits per heavy atom. The van der Waals surface area contributed by atoms with Gasteiger partial charge in [0, 0.05) is 10.8 Å². The fourth-order valence-corrected chi connectivity index (χ4v) is 3.66. The quantitative estimate of drug-likeness (QED) is 0.317. The summed E-state index contributed by atoms with van der Waals surface area (Å²) >= 11 is 0. The normalized spacial score (nSPS) is 11.9. The number of hydrogen-bond acceptors (Lipinski definition) is 1. The van der Waals surface area contributed by atoms with Crippen LogP contribution in [0.15, 0.2) is 65.1 Å². The van der Waals surface area contributed by atoms with Gasteiger partial charge in [-0.05, 0) is 47.5 Å². The Bertz CT molecular complexity index is 1130. The molecule has 0 amide bonds. The first-order valence-corrected chi connectivity index (χ1v) is 7.96. The minimum atomic E-state index is 0.962. The molecule has 5 aromatic rings. The van der Waals surface area contributed by atoms with E-state index in [1.807, 2.05) is 0 Å². The standard InChI is InChI=1S/C22H16O/c1-13-3-7-17-15(11-13)5-9-19-21(17)22-18-8-4-14(2)12-16(18)6-10-20(22)23-19/h3-12H,1-2H3. The van der Waals surface area contributed by atoms with Gasteiger partial charge in [-0.3, -0.25) is 0 Å². The summed E-state index contributed by atoms with van der Waals surface area (Å²) in [6.07, 6.45) is 0. The highest BCUT2D eigenvalue weighted by molar-refractivity contribution is 6.26. The maximum atomic E-state index is 6.13. The van der Waals surface area contributed by atoms with Crippen LogP contribution in [0.1, 0.15) is 11.1 Å². The summed E-state index contributed by atoms with van der Waals surface area (Å²) in [4.78, 5) is 0. The van der Waals surface area contributed by atoms with Gasteiger partial charge >= 0.3 is 0 Å². The van der Waals surface area contributed by atoms with Crippen molar-refractivity contribution in [1.82, 2.24) is 0 Å². The van der Waals surface area contributed by atoms with Crippen LogP contribution in [-0.4, -0.2) is 0 Å². The number of aryl methyl sites for hydroxylation is 2. The maximum Gasteiger partial charge on any atom is 0.136 e. The predicted octanol–water partition coefficient (Wildman–Crippen LogP) is 6.51. The summed E-state index contributed by atoms with van der Waals surface area (Å²) in [6.45, 7) is 4.27. The molecule has 0 spiro atoms. The van der Waals surface area contributed by atoms with E-state index in [1.54, 1.807) is 0 Å². The third kappa shape index (κ3) is 1.74. The highest BCUT2D eigenvalue weighted by Gasteiger charge is 2.13. The molecule has 0 bridgehead atoms. The smallest absolute Gasteiger partial charge is 0.136 e.